The highest BCUT2D eigenvalue weighted by Gasteiger charge is 2.45. The van der Waals surface area contributed by atoms with Crippen molar-refractivity contribution >= 4 is 29.1 Å². The summed E-state index contributed by atoms with van der Waals surface area (Å²) in [4.78, 5) is 27.5. The molecule has 2 fully saturated rings. The number of carbonyl (C=O) groups excluding carboxylic acids is 1. The van der Waals surface area contributed by atoms with Gasteiger partial charge < -0.3 is 25.2 Å². The molecule has 3 aliphatic rings. The monoisotopic (exact) mass is 496 g/mol. The lowest BCUT2D eigenvalue weighted by Crippen LogP contribution is -2.58. The summed E-state index contributed by atoms with van der Waals surface area (Å²) in [5.41, 5.74) is 1.94. The van der Waals surface area contributed by atoms with Crippen molar-refractivity contribution in [2.45, 2.75) is 63.8 Å². The van der Waals surface area contributed by atoms with Crippen LogP contribution < -0.4 is 15.5 Å². The number of nitrogens with zero attached hydrogens (tertiary/aromatic N) is 4. The summed E-state index contributed by atoms with van der Waals surface area (Å²) in [6, 6.07) is 8.25. The van der Waals surface area contributed by atoms with Crippen molar-refractivity contribution in [3.8, 4) is 0 Å². The van der Waals surface area contributed by atoms with Gasteiger partial charge in [0, 0.05) is 42.8 Å². The Bertz CT molecular complexity index is 1090. The predicted octanol–water partition coefficient (Wildman–Crippen LogP) is 4.07. The number of fused-ring (bicyclic) bond motifs is 3. The molecule has 1 amide bonds. The molecule has 1 aromatic heterocycles. The average molecular weight is 497 g/mol. The Morgan fingerprint density at radius 3 is 2.57 bits per heavy atom. The van der Waals surface area contributed by atoms with Crippen LogP contribution in [-0.4, -0.2) is 58.5 Å². The van der Waals surface area contributed by atoms with Crippen LogP contribution in [0.2, 0.25) is 5.02 Å². The first-order valence-electron chi connectivity index (χ1n) is 12.3. The minimum Gasteiger partial charge on any atom is -0.471 e. The first-order valence-corrected chi connectivity index (χ1v) is 12.7. The number of hydrogen-bond acceptors (Lipinski definition) is 7. The first-order chi connectivity index (χ1) is 16.8. The number of aromatic nitrogens is 2. The highest BCUT2D eigenvalue weighted by molar-refractivity contribution is 6.30. The number of nitrogens with one attached hydrogen (secondary N) is 2. The standard InChI is InChI=1S/C26H33ClN6O2/c1-15(2)28-11-22(18-5-7-19(27)8-6-18)26(34)33-20-9-10-21(33)13-32(12-20)25-23-16(3)35-17(4)31-24(23)29-14-30-25/h5-8,14-16,20-22,28H,4,9-13H2,1-3H3,(H,29,30,31)/t16-,20?,21?,22-/m1/s1. The summed E-state index contributed by atoms with van der Waals surface area (Å²) < 4.78 is 5.81. The van der Waals surface area contributed by atoms with E-state index in [1.807, 2.05) is 31.2 Å². The van der Waals surface area contributed by atoms with E-state index in [2.05, 4.69) is 50.8 Å². The third-order valence-corrected chi connectivity index (χ3v) is 7.44. The maximum Gasteiger partial charge on any atom is 0.232 e. The molecule has 8 nitrogen and oxygen atoms in total. The molecule has 0 spiro atoms. The molecule has 2 aromatic rings. The van der Waals surface area contributed by atoms with Gasteiger partial charge in [-0.1, -0.05) is 37.6 Å². The number of benzene rings is 1. The summed E-state index contributed by atoms with van der Waals surface area (Å²) in [5, 5.41) is 7.27. The van der Waals surface area contributed by atoms with Crippen molar-refractivity contribution in [2.75, 3.05) is 29.9 Å². The van der Waals surface area contributed by atoms with Crippen LogP contribution in [-0.2, 0) is 9.53 Å². The van der Waals surface area contributed by atoms with Gasteiger partial charge in [0.1, 0.15) is 24.1 Å². The van der Waals surface area contributed by atoms with E-state index in [-0.39, 0.29) is 30.0 Å². The second-order valence-electron chi connectivity index (χ2n) is 9.97. The van der Waals surface area contributed by atoms with E-state index in [4.69, 9.17) is 16.3 Å². The Balaban J connectivity index is 1.39. The van der Waals surface area contributed by atoms with Crippen LogP contribution in [0.5, 0.6) is 0 Å². The van der Waals surface area contributed by atoms with Crippen LogP contribution in [0.15, 0.2) is 43.1 Å². The van der Waals surface area contributed by atoms with E-state index >= 15 is 0 Å². The van der Waals surface area contributed by atoms with Gasteiger partial charge >= 0.3 is 0 Å². The van der Waals surface area contributed by atoms with E-state index in [9.17, 15) is 4.79 Å². The van der Waals surface area contributed by atoms with Crippen molar-refractivity contribution in [1.29, 1.82) is 0 Å². The highest BCUT2D eigenvalue weighted by Crippen LogP contribution is 2.40. The topological polar surface area (TPSA) is 82.6 Å². The zero-order chi connectivity index (χ0) is 24.7. The minimum atomic E-state index is -0.250. The fourth-order valence-corrected chi connectivity index (χ4v) is 5.68. The third-order valence-electron chi connectivity index (χ3n) is 7.18. The molecule has 2 unspecified atom stereocenters. The molecule has 0 aliphatic carbocycles. The highest BCUT2D eigenvalue weighted by atomic mass is 35.5. The Morgan fingerprint density at radius 2 is 1.91 bits per heavy atom. The molecule has 2 bridgehead atoms. The van der Waals surface area contributed by atoms with Crippen molar-refractivity contribution in [1.82, 2.24) is 20.2 Å². The Morgan fingerprint density at radius 1 is 1.23 bits per heavy atom. The molecule has 186 valence electrons. The maximum atomic E-state index is 14.0. The van der Waals surface area contributed by atoms with Gasteiger partial charge in [-0.3, -0.25) is 4.79 Å². The van der Waals surface area contributed by atoms with E-state index in [0.717, 1.165) is 48.7 Å². The molecular formula is C26H33ClN6O2. The second kappa shape index (κ2) is 9.66. The lowest BCUT2D eigenvalue weighted by atomic mass is 9.95. The quantitative estimate of drug-likeness (QED) is 0.623. The van der Waals surface area contributed by atoms with Gasteiger partial charge in [-0.15, -0.1) is 0 Å². The molecule has 5 rings (SSSR count). The summed E-state index contributed by atoms with van der Waals surface area (Å²) in [5.74, 6) is 2.05. The number of rotatable bonds is 6. The Labute approximate surface area is 211 Å². The molecule has 4 atom stereocenters. The number of piperazine rings is 1. The minimum absolute atomic E-state index is 0.142. The number of ether oxygens (including phenoxy) is 1. The number of amides is 1. The molecule has 2 saturated heterocycles. The normalized spacial score (nSPS) is 24.1. The summed E-state index contributed by atoms with van der Waals surface area (Å²) in [6.07, 6.45) is 3.38. The van der Waals surface area contributed by atoms with Gasteiger partial charge in [0.25, 0.3) is 0 Å². The molecule has 2 N–H and O–H groups in total. The summed E-state index contributed by atoms with van der Waals surface area (Å²) in [6.45, 7) is 12.1. The summed E-state index contributed by atoms with van der Waals surface area (Å²) in [7, 11) is 0. The smallest absolute Gasteiger partial charge is 0.232 e. The molecule has 0 saturated carbocycles. The second-order valence-corrected chi connectivity index (χ2v) is 10.4. The zero-order valence-electron chi connectivity index (χ0n) is 20.5. The van der Waals surface area contributed by atoms with Gasteiger partial charge in [-0.05, 0) is 44.0 Å². The summed E-state index contributed by atoms with van der Waals surface area (Å²) >= 11 is 6.13. The van der Waals surface area contributed by atoms with Gasteiger partial charge in [0.05, 0.1) is 11.5 Å². The first kappa shape index (κ1) is 23.9. The van der Waals surface area contributed by atoms with Crippen LogP contribution in [0.25, 0.3) is 0 Å². The van der Waals surface area contributed by atoms with Crippen molar-refractivity contribution in [3.05, 3.63) is 59.2 Å². The van der Waals surface area contributed by atoms with Gasteiger partial charge in [-0.2, -0.15) is 0 Å². The average Bonchev–Trinajstić information content (AvgIpc) is 3.08. The van der Waals surface area contributed by atoms with Crippen LogP contribution in [0, 0.1) is 0 Å². The molecule has 4 heterocycles. The van der Waals surface area contributed by atoms with Crippen molar-refractivity contribution < 1.29 is 9.53 Å². The lowest BCUT2D eigenvalue weighted by Gasteiger charge is -2.44. The van der Waals surface area contributed by atoms with Gasteiger partial charge in [-0.25, -0.2) is 9.97 Å². The number of hydrogen-bond donors (Lipinski definition) is 2. The van der Waals surface area contributed by atoms with Crippen molar-refractivity contribution in [3.63, 3.8) is 0 Å². The molecule has 9 heteroatoms. The Hall–Kier alpha value is -2.84. The third kappa shape index (κ3) is 4.69. The SMILES string of the molecule is C=C1Nc2ncnc(N3CC4CCC(C3)N4C(=O)[C@H](CNC(C)C)c3ccc(Cl)cc3)c2[C@@H](C)O1. The largest absolute Gasteiger partial charge is 0.471 e. The van der Waals surface area contributed by atoms with E-state index in [0.29, 0.717) is 23.5 Å². The molecular weight excluding hydrogens is 464 g/mol. The molecule has 1 aromatic carbocycles. The molecule has 3 aliphatic heterocycles. The Kier molecular flexibility index (Phi) is 6.59. The van der Waals surface area contributed by atoms with E-state index in [1.54, 1.807) is 6.33 Å². The maximum absolute atomic E-state index is 14.0. The van der Waals surface area contributed by atoms with Crippen LogP contribution in [0.4, 0.5) is 11.6 Å². The molecule has 0 radical (unpaired) electrons. The fraction of sp³-hybridized carbons (Fsp3) is 0.500. The molecule has 35 heavy (non-hydrogen) atoms. The van der Waals surface area contributed by atoms with Gasteiger partial charge in [0.2, 0.25) is 5.91 Å². The van der Waals surface area contributed by atoms with E-state index < -0.39 is 0 Å². The fourth-order valence-electron chi connectivity index (χ4n) is 5.56. The van der Waals surface area contributed by atoms with Crippen molar-refractivity contribution in [2.24, 2.45) is 0 Å². The van der Waals surface area contributed by atoms with Crippen LogP contribution in [0.3, 0.4) is 0 Å². The lowest BCUT2D eigenvalue weighted by molar-refractivity contribution is -0.136. The van der Waals surface area contributed by atoms with Gasteiger partial charge in [0.15, 0.2) is 5.88 Å². The zero-order valence-corrected chi connectivity index (χ0v) is 21.3. The number of carbonyl (C=O) groups is 1. The predicted molar refractivity (Wildman–Crippen MR) is 137 cm³/mol. The van der Waals surface area contributed by atoms with Crippen LogP contribution in [0.1, 0.15) is 56.8 Å². The van der Waals surface area contributed by atoms with Crippen LogP contribution >= 0.6 is 11.6 Å². The number of anilines is 2. The van der Waals surface area contributed by atoms with E-state index in [1.165, 1.54) is 0 Å². The number of halogens is 1.